The number of hydrogen-bond donors (Lipinski definition) is 3. The number of halogens is 5. The summed E-state index contributed by atoms with van der Waals surface area (Å²) in [4.78, 5) is 16.3. The van der Waals surface area contributed by atoms with Crippen molar-refractivity contribution < 1.29 is 31.5 Å². The predicted octanol–water partition coefficient (Wildman–Crippen LogP) is 5.50. The van der Waals surface area contributed by atoms with E-state index in [2.05, 4.69) is 15.4 Å². The number of fused-ring (bicyclic) bond motifs is 1. The summed E-state index contributed by atoms with van der Waals surface area (Å²) < 4.78 is 74.5. The Bertz CT molecular complexity index is 1450. The molecule has 194 valence electrons. The molecule has 4 N–H and O–H groups in total. The molecule has 0 aliphatic heterocycles. The number of nitrogens with zero attached hydrogens (tertiary/aromatic N) is 3. The monoisotopic (exact) mass is 520 g/mol. The molecule has 0 saturated heterocycles. The molecule has 4 aromatic rings. The van der Waals surface area contributed by atoms with Crippen molar-refractivity contribution in [2.24, 2.45) is 0 Å². The van der Waals surface area contributed by atoms with Crippen LogP contribution in [0.1, 0.15) is 18.2 Å². The summed E-state index contributed by atoms with van der Waals surface area (Å²) >= 11 is 0. The van der Waals surface area contributed by atoms with Crippen molar-refractivity contribution in [1.82, 2.24) is 14.6 Å². The molecule has 0 aliphatic carbocycles. The van der Waals surface area contributed by atoms with E-state index in [4.69, 9.17) is 10.5 Å². The fourth-order valence-corrected chi connectivity index (χ4v) is 3.71. The third-order valence-electron chi connectivity index (χ3n) is 5.43. The van der Waals surface area contributed by atoms with Crippen molar-refractivity contribution in [3.8, 4) is 11.1 Å². The average Bonchev–Trinajstić information content (AvgIpc) is 3.21. The minimum Gasteiger partial charge on any atom is -0.382 e. The molecule has 0 spiro atoms. The van der Waals surface area contributed by atoms with Gasteiger partial charge in [-0.1, -0.05) is 6.07 Å². The first-order valence-corrected chi connectivity index (χ1v) is 11.0. The van der Waals surface area contributed by atoms with E-state index in [0.717, 1.165) is 11.8 Å². The highest BCUT2D eigenvalue weighted by Gasteiger charge is 2.31. The van der Waals surface area contributed by atoms with Crippen LogP contribution in [-0.4, -0.2) is 33.8 Å². The van der Waals surface area contributed by atoms with Crippen molar-refractivity contribution in [2.45, 2.75) is 19.5 Å². The number of hydrogen-bond acceptors (Lipinski definition) is 5. The Labute approximate surface area is 207 Å². The molecule has 0 atom stereocenters. The molecular weight excluding hydrogens is 499 g/mol. The topological polar surface area (TPSA) is 107 Å². The van der Waals surface area contributed by atoms with E-state index < -0.39 is 35.1 Å². The average molecular weight is 520 g/mol. The zero-order valence-corrected chi connectivity index (χ0v) is 19.4. The van der Waals surface area contributed by atoms with Crippen LogP contribution in [0.2, 0.25) is 0 Å². The van der Waals surface area contributed by atoms with Crippen LogP contribution in [-0.2, 0) is 17.3 Å². The number of aromatic nitrogens is 3. The highest BCUT2D eigenvalue weighted by molar-refractivity contribution is 6.00. The van der Waals surface area contributed by atoms with Crippen LogP contribution in [0.5, 0.6) is 0 Å². The standard InChI is InChI=1S/C24H21F5N6O2/c1-2-37-8-7-15-11-16(21-22(30)31-12-32-35(15)21)13-3-6-19(18(26)9-13)33-23(36)34-20-10-14(24(27,28)29)4-5-17(20)25/h3-6,9-12H,2,7-8H2,1H3,(H2,30,31,32)(H2,33,34,36). The van der Waals surface area contributed by atoms with Crippen LogP contribution in [0.25, 0.3) is 16.6 Å². The molecule has 2 amide bonds. The third kappa shape index (κ3) is 5.61. The lowest BCUT2D eigenvalue weighted by Gasteiger charge is -2.12. The Hall–Kier alpha value is -4.26. The smallest absolute Gasteiger partial charge is 0.382 e. The van der Waals surface area contributed by atoms with E-state index in [1.807, 2.05) is 12.2 Å². The van der Waals surface area contributed by atoms with Gasteiger partial charge in [0.1, 0.15) is 23.5 Å². The van der Waals surface area contributed by atoms with E-state index in [0.29, 0.717) is 54.5 Å². The number of benzene rings is 2. The molecule has 13 heteroatoms. The Morgan fingerprint density at radius 3 is 2.51 bits per heavy atom. The number of urea groups is 1. The van der Waals surface area contributed by atoms with Crippen LogP contribution < -0.4 is 16.4 Å². The Kier molecular flexibility index (Phi) is 7.25. The van der Waals surface area contributed by atoms with Crippen LogP contribution in [0.3, 0.4) is 0 Å². The molecule has 0 fully saturated rings. The van der Waals surface area contributed by atoms with E-state index in [-0.39, 0.29) is 11.5 Å². The summed E-state index contributed by atoms with van der Waals surface area (Å²) in [6.45, 7) is 2.85. The Balaban J connectivity index is 1.57. The van der Waals surface area contributed by atoms with E-state index in [1.54, 1.807) is 10.6 Å². The lowest BCUT2D eigenvalue weighted by Crippen LogP contribution is -2.21. The highest BCUT2D eigenvalue weighted by atomic mass is 19.4. The number of rotatable bonds is 7. The molecule has 2 aromatic heterocycles. The van der Waals surface area contributed by atoms with E-state index >= 15 is 0 Å². The van der Waals surface area contributed by atoms with Gasteiger partial charge in [-0.15, -0.1) is 0 Å². The van der Waals surface area contributed by atoms with E-state index in [1.165, 1.54) is 18.5 Å². The zero-order chi connectivity index (χ0) is 26.7. The largest absolute Gasteiger partial charge is 0.416 e. The predicted molar refractivity (Wildman–Crippen MR) is 127 cm³/mol. The van der Waals surface area contributed by atoms with Gasteiger partial charge < -0.3 is 21.1 Å². The van der Waals surface area contributed by atoms with Gasteiger partial charge in [-0.3, -0.25) is 0 Å². The Morgan fingerprint density at radius 2 is 1.81 bits per heavy atom. The van der Waals surface area contributed by atoms with Crippen LogP contribution >= 0.6 is 0 Å². The first-order chi connectivity index (χ1) is 17.6. The van der Waals surface area contributed by atoms with Gasteiger partial charge >= 0.3 is 12.2 Å². The molecule has 8 nitrogen and oxygen atoms in total. The molecule has 0 aliphatic rings. The number of nitrogens with two attached hydrogens (primary N) is 1. The molecule has 0 saturated carbocycles. The summed E-state index contributed by atoms with van der Waals surface area (Å²) in [5, 5.41) is 8.36. The number of nitrogen functional groups attached to an aromatic ring is 1. The number of alkyl halides is 3. The summed E-state index contributed by atoms with van der Waals surface area (Å²) in [6.07, 6.45) is -2.92. The van der Waals surface area contributed by atoms with Gasteiger partial charge in [0, 0.05) is 24.3 Å². The second kappa shape index (κ2) is 10.4. The summed E-state index contributed by atoms with van der Waals surface area (Å²) in [5.41, 5.74) is 6.10. The first-order valence-electron chi connectivity index (χ1n) is 11.0. The van der Waals surface area contributed by atoms with Gasteiger partial charge in [-0.05, 0) is 48.9 Å². The molecule has 0 bridgehead atoms. The van der Waals surface area contributed by atoms with Crippen LogP contribution in [0.15, 0.2) is 48.8 Å². The minimum atomic E-state index is -4.73. The quantitative estimate of drug-likeness (QED) is 0.221. The summed E-state index contributed by atoms with van der Waals surface area (Å²) in [7, 11) is 0. The third-order valence-corrected chi connectivity index (χ3v) is 5.43. The van der Waals surface area contributed by atoms with Gasteiger partial charge in [0.15, 0.2) is 5.82 Å². The highest BCUT2D eigenvalue weighted by Crippen LogP contribution is 2.33. The first kappa shape index (κ1) is 25.8. The minimum absolute atomic E-state index is 0.178. The molecule has 37 heavy (non-hydrogen) atoms. The SMILES string of the molecule is CCOCCc1cc(-c2ccc(NC(=O)Nc3cc(C(F)(F)F)ccc3F)c(F)c2)c2c(N)ncnn12. The molecule has 2 heterocycles. The summed E-state index contributed by atoms with van der Waals surface area (Å²) in [5.74, 6) is -1.75. The zero-order valence-electron chi connectivity index (χ0n) is 19.4. The molecular formula is C24H21F5N6O2. The number of nitrogens with one attached hydrogen (secondary N) is 2. The number of anilines is 3. The number of ether oxygens (including phenoxy) is 1. The second-order valence-electron chi connectivity index (χ2n) is 7.87. The van der Waals surface area contributed by atoms with Gasteiger partial charge in [0.25, 0.3) is 0 Å². The second-order valence-corrected chi connectivity index (χ2v) is 7.87. The maximum absolute atomic E-state index is 14.9. The van der Waals surface area contributed by atoms with Gasteiger partial charge in [0.05, 0.1) is 23.5 Å². The van der Waals surface area contributed by atoms with Gasteiger partial charge in [-0.2, -0.15) is 18.3 Å². The van der Waals surface area contributed by atoms with Gasteiger partial charge in [0.2, 0.25) is 0 Å². The van der Waals surface area contributed by atoms with Crippen LogP contribution in [0, 0.1) is 11.6 Å². The Morgan fingerprint density at radius 1 is 1.05 bits per heavy atom. The van der Waals surface area contributed by atoms with E-state index in [9.17, 15) is 26.7 Å². The van der Waals surface area contributed by atoms with Crippen molar-refractivity contribution in [1.29, 1.82) is 0 Å². The van der Waals surface area contributed by atoms with Gasteiger partial charge in [-0.25, -0.2) is 23.1 Å². The van der Waals surface area contributed by atoms with Crippen molar-refractivity contribution >= 4 is 28.7 Å². The number of carbonyl (C=O) groups is 1. The van der Waals surface area contributed by atoms with Crippen molar-refractivity contribution in [3.63, 3.8) is 0 Å². The lowest BCUT2D eigenvalue weighted by molar-refractivity contribution is -0.137. The fourth-order valence-electron chi connectivity index (χ4n) is 3.71. The lowest BCUT2D eigenvalue weighted by atomic mass is 10.1. The van der Waals surface area contributed by atoms with Crippen molar-refractivity contribution in [2.75, 3.05) is 29.6 Å². The van der Waals surface area contributed by atoms with Crippen molar-refractivity contribution in [3.05, 3.63) is 71.7 Å². The molecule has 2 aromatic carbocycles. The maximum Gasteiger partial charge on any atom is 0.416 e. The molecule has 0 unspecified atom stereocenters. The maximum atomic E-state index is 14.9. The number of amides is 2. The molecule has 0 radical (unpaired) electrons. The van der Waals surface area contributed by atoms with Crippen LogP contribution in [0.4, 0.5) is 43.9 Å². The molecule has 4 rings (SSSR count). The fraction of sp³-hybridized carbons (Fsp3) is 0.208. The number of carbonyl (C=O) groups excluding carboxylic acids is 1. The summed E-state index contributed by atoms with van der Waals surface area (Å²) in [6, 6.07) is 6.14. The normalized spacial score (nSPS) is 11.6.